The van der Waals surface area contributed by atoms with Gasteiger partial charge in [0, 0.05) is 16.7 Å². The Labute approximate surface area is 212 Å². The van der Waals surface area contributed by atoms with Gasteiger partial charge < -0.3 is 19.3 Å². The van der Waals surface area contributed by atoms with Gasteiger partial charge in [0.15, 0.2) is 0 Å². The minimum atomic E-state index is -0.530. The van der Waals surface area contributed by atoms with Crippen LogP contribution in [0.3, 0.4) is 0 Å². The zero-order chi connectivity index (χ0) is 25.3. The molecule has 0 spiro atoms. The van der Waals surface area contributed by atoms with Crippen LogP contribution in [-0.4, -0.2) is 50.6 Å². The minimum Gasteiger partial charge on any atom is -0.447 e. The van der Waals surface area contributed by atoms with Crippen molar-refractivity contribution < 1.29 is 18.8 Å². The van der Waals surface area contributed by atoms with Crippen molar-refractivity contribution in [2.24, 2.45) is 0 Å². The van der Waals surface area contributed by atoms with Crippen LogP contribution in [0.15, 0.2) is 34.9 Å². The van der Waals surface area contributed by atoms with Crippen LogP contribution in [0.2, 0.25) is 10.2 Å². The maximum atomic E-state index is 12.6. The van der Waals surface area contributed by atoms with E-state index in [-0.39, 0.29) is 29.9 Å². The highest BCUT2D eigenvalue weighted by molar-refractivity contribution is 6.30. The predicted molar refractivity (Wildman–Crippen MR) is 132 cm³/mol. The molecule has 0 saturated carbocycles. The third kappa shape index (κ3) is 6.01. The number of halogens is 2. The lowest BCUT2D eigenvalue weighted by Gasteiger charge is -2.31. The Hall–Kier alpha value is -2.95. The first kappa shape index (κ1) is 25.2. The number of aromatic nitrogens is 4. The number of rotatable bonds is 7. The van der Waals surface area contributed by atoms with E-state index >= 15 is 0 Å². The molecule has 2 aromatic heterocycles. The summed E-state index contributed by atoms with van der Waals surface area (Å²) in [5, 5.41) is 7.89. The molecule has 0 aliphatic carbocycles. The maximum Gasteiger partial charge on any atom is 0.416 e. The Bertz CT molecular complexity index is 1200. The number of carbonyl (C=O) groups excluding carboxylic acids is 1. The van der Waals surface area contributed by atoms with Gasteiger partial charge in [-0.25, -0.2) is 9.78 Å². The molecule has 35 heavy (non-hydrogen) atoms. The van der Waals surface area contributed by atoms with Crippen molar-refractivity contribution >= 4 is 41.1 Å². The molecule has 1 unspecified atom stereocenters. The summed E-state index contributed by atoms with van der Waals surface area (Å²) in [6.45, 7) is 9.73. The van der Waals surface area contributed by atoms with E-state index in [1.807, 2.05) is 34.6 Å². The molecule has 3 aromatic rings. The van der Waals surface area contributed by atoms with E-state index in [1.54, 1.807) is 24.3 Å². The molecule has 0 bridgehead atoms. The van der Waals surface area contributed by atoms with Crippen LogP contribution in [0, 0.1) is 0 Å². The van der Waals surface area contributed by atoms with Crippen molar-refractivity contribution in [1.82, 2.24) is 20.1 Å². The average molecular weight is 521 g/mol. The van der Waals surface area contributed by atoms with Crippen LogP contribution in [0.4, 0.5) is 16.6 Å². The van der Waals surface area contributed by atoms with Gasteiger partial charge in [-0.3, -0.25) is 4.90 Å². The molecule has 1 aliphatic heterocycles. The highest BCUT2D eigenvalue weighted by Crippen LogP contribution is 2.29. The summed E-state index contributed by atoms with van der Waals surface area (Å²) in [7, 11) is 0. The Kier molecular flexibility index (Phi) is 7.16. The first-order valence-corrected chi connectivity index (χ1v) is 11.8. The number of anilines is 2. The second kappa shape index (κ2) is 9.96. The van der Waals surface area contributed by atoms with E-state index in [4.69, 9.17) is 37.2 Å². The summed E-state index contributed by atoms with van der Waals surface area (Å²) < 4.78 is 16.8. The van der Waals surface area contributed by atoms with Crippen molar-refractivity contribution in [3.63, 3.8) is 0 Å². The quantitative estimate of drug-likeness (QED) is 0.401. The molecule has 1 amide bonds. The van der Waals surface area contributed by atoms with Crippen LogP contribution >= 0.6 is 23.2 Å². The van der Waals surface area contributed by atoms with Gasteiger partial charge in [0.1, 0.15) is 29.7 Å². The van der Waals surface area contributed by atoms with Gasteiger partial charge in [-0.15, -0.1) is 0 Å². The summed E-state index contributed by atoms with van der Waals surface area (Å²) >= 11 is 12.2. The predicted octanol–water partition coefficient (Wildman–Crippen LogP) is 5.54. The lowest BCUT2D eigenvalue weighted by molar-refractivity contribution is -0.0618. The number of nitrogens with one attached hydrogen (secondary N) is 1. The Morgan fingerprint density at radius 2 is 1.86 bits per heavy atom. The van der Waals surface area contributed by atoms with E-state index in [9.17, 15) is 4.79 Å². The van der Waals surface area contributed by atoms with Gasteiger partial charge >= 0.3 is 6.09 Å². The van der Waals surface area contributed by atoms with Gasteiger partial charge in [-0.05, 0) is 58.9 Å². The largest absolute Gasteiger partial charge is 0.447 e. The summed E-state index contributed by atoms with van der Waals surface area (Å²) in [6.07, 6.45) is -0.840. The molecule has 10 nitrogen and oxygen atoms in total. The molecule has 186 valence electrons. The third-order valence-corrected chi connectivity index (χ3v) is 5.62. The number of benzene rings is 1. The molecule has 3 heterocycles. The second-order valence-electron chi connectivity index (χ2n) is 9.15. The van der Waals surface area contributed by atoms with Crippen LogP contribution in [0.25, 0.3) is 11.4 Å². The fourth-order valence-electron chi connectivity index (χ4n) is 3.66. The maximum absolute atomic E-state index is 12.6. The number of amides is 1. The Balaban J connectivity index is 1.53. The number of carbonyl (C=O) groups is 1. The molecule has 3 atom stereocenters. The third-order valence-electron chi connectivity index (χ3n) is 5.18. The second-order valence-corrected chi connectivity index (χ2v) is 9.97. The standard InChI is InChI=1S/C23H26Cl2N6O4/c1-12(20-29-19(30-35-20)14-6-8-15(24)9-7-14)26-21-27-17(25)10-18(28-21)31-16(11-33-22(31)32)13(2)34-23(3,4)5/h6-10,12-13,16H,11H2,1-5H3,(H,26,27,28)/t12-,13+,16?/m0/s1. The van der Waals surface area contributed by atoms with Gasteiger partial charge in [0.05, 0.1) is 11.7 Å². The van der Waals surface area contributed by atoms with Gasteiger partial charge in [0.25, 0.3) is 0 Å². The molecule has 4 rings (SSSR count). The number of nitrogens with zero attached hydrogens (tertiary/aromatic N) is 5. The first-order valence-electron chi connectivity index (χ1n) is 11.0. The number of ether oxygens (including phenoxy) is 2. The summed E-state index contributed by atoms with van der Waals surface area (Å²) in [5.41, 5.74) is 0.375. The number of cyclic esters (lactones) is 1. The monoisotopic (exact) mass is 520 g/mol. The van der Waals surface area contributed by atoms with Crippen LogP contribution in [0.1, 0.15) is 46.6 Å². The molecular weight excluding hydrogens is 495 g/mol. The fraction of sp³-hybridized carbons (Fsp3) is 0.435. The molecule has 1 aromatic carbocycles. The molecule has 1 fully saturated rings. The van der Waals surface area contributed by atoms with Crippen molar-refractivity contribution in [1.29, 1.82) is 0 Å². The number of hydrogen-bond donors (Lipinski definition) is 1. The number of hydrogen-bond acceptors (Lipinski definition) is 9. The first-order chi connectivity index (χ1) is 16.5. The van der Waals surface area contributed by atoms with Gasteiger partial charge in [-0.1, -0.05) is 28.4 Å². The Morgan fingerprint density at radius 1 is 1.14 bits per heavy atom. The summed E-state index contributed by atoms with van der Waals surface area (Å²) in [6, 6.07) is 7.79. The van der Waals surface area contributed by atoms with Gasteiger partial charge in [0.2, 0.25) is 17.7 Å². The topological polar surface area (TPSA) is 116 Å². The van der Waals surface area contributed by atoms with Crippen LogP contribution in [0.5, 0.6) is 0 Å². The molecular formula is C23H26Cl2N6O4. The van der Waals surface area contributed by atoms with E-state index in [1.165, 1.54) is 11.0 Å². The molecule has 1 saturated heterocycles. The van der Waals surface area contributed by atoms with E-state index in [0.29, 0.717) is 22.6 Å². The van der Waals surface area contributed by atoms with Crippen molar-refractivity contribution in [3.05, 3.63) is 46.4 Å². The van der Waals surface area contributed by atoms with E-state index in [0.717, 1.165) is 5.56 Å². The smallest absolute Gasteiger partial charge is 0.416 e. The zero-order valence-corrected chi connectivity index (χ0v) is 21.5. The van der Waals surface area contributed by atoms with Crippen molar-refractivity contribution in [2.75, 3.05) is 16.8 Å². The molecule has 0 radical (unpaired) electrons. The highest BCUT2D eigenvalue weighted by Gasteiger charge is 2.40. The van der Waals surface area contributed by atoms with Crippen LogP contribution < -0.4 is 10.2 Å². The van der Waals surface area contributed by atoms with Crippen molar-refractivity contribution in [3.8, 4) is 11.4 Å². The summed E-state index contributed by atoms with van der Waals surface area (Å²) in [5.74, 6) is 1.23. The van der Waals surface area contributed by atoms with Gasteiger partial charge in [-0.2, -0.15) is 9.97 Å². The van der Waals surface area contributed by atoms with E-state index < -0.39 is 17.7 Å². The molecule has 1 N–H and O–H groups in total. The summed E-state index contributed by atoms with van der Waals surface area (Å²) in [4.78, 5) is 27.2. The molecule has 12 heteroatoms. The molecule has 1 aliphatic rings. The lowest BCUT2D eigenvalue weighted by atomic mass is 10.1. The van der Waals surface area contributed by atoms with E-state index in [2.05, 4.69) is 25.4 Å². The minimum absolute atomic E-state index is 0.153. The van der Waals surface area contributed by atoms with Crippen LogP contribution in [-0.2, 0) is 9.47 Å². The normalized spacial score (nSPS) is 17.9. The zero-order valence-electron chi connectivity index (χ0n) is 20.0. The highest BCUT2D eigenvalue weighted by atomic mass is 35.5. The SMILES string of the molecule is C[C@H](Nc1nc(Cl)cc(N2C(=O)OCC2[C@@H](C)OC(C)(C)C)n1)c1nc(-c2ccc(Cl)cc2)no1. The fourth-order valence-corrected chi connectivity index (χ4v) is 3.96. The lowest BCUT2D eigenvalue weighted by Crippen LogP contribution is -2.45. The average Bonchev–Trinajstić information content (AvgIpc) is 3.40. The Morgan fingerprint density at radius 3 is 2.54 bits per heavy atom. The van der Waals surface area contributed by atoms with Crippen molar-refractivity contribution in [2.45, 2.75) is 58.4 Å².